The zero-order chi connectivity index (χ0) is 15.5. The molecule has 3 rings (SSSR count). The number of aromatic amines is 1. The van der Waals surface area contributed by atoms with Crippen LogP contribution < -0.4 is 10.5 Å². The lowest BCUT2D eigenvalue weighted by Gasteiger charge is -2.10. The standard InChI is InChI=1S/C17H19N3O2/c1-11-9-20-17-16(11)15(6-7-19-17)22-14-4-2-12(3-5-14)8-13(18)10-21/h2-7,9,13,21H,8,10,18H2,1H3,(H,19,20). The molecule has 1 unspecified atom stereocenters. The van der Waals surface area contributed by atoms with Crippen LogP contribution in [0.4, 0.5) is 0 Å². The van der Waals surface area contributed by atoms with Crippen molar-refractivity contribution in [2.75, 3.05) is 6.61 Å². The van der Waals surface area contributed by atoms with Gasteiger partial charge in [0.05, 0.1) is 12.0 Å². The monoisotopic (exact) mass is 297 g/mol. The Balaban J connectivity index is 1.82. The minimum Gasteiger partial charge on any atom is -0.457 e. The van der Waals surface area contributed by atoms with E-state index in [0.29, 0.717) is 6.42 Å². The van der Waals surface area contributed by atoms with Gasteiger partial charge < -0.3 is 20.6 Å². The maximum atomic E-state index is 8.99. The summed E-state index contributed by atoms with van der Waals surface area (Å²) in [4.78, 5) is 7.41. The lowest BCUT2D eigenvalue weighted by atomic mass is 10.1. The number of ether oxygens (including phenoxy) is 1. The van der Waals surface area contributed by atoms with Gasteiger partial charge in [-0.25, -0.2) is 4.98 Å². The molecule has 2 heterocycles. The Bertz CT molecular complexity index is 765. The number of fused-ring (bicyclic) bond motifs is 1. The predicted octanol–water partition coefficient (Wildman–Crippen LogP) is 2.53. The van der Waals surface area contributed by atoms with E-state index in [4.69, 9.17) is 15.6 Å². The number of aromatic nitrogens is 2. The van der Waals surface area contributed by atoms with Gasteiger partial charge in [-0.2, -0.15) is 0 Å². The van der Waals surface area contributed by atoms with Crippen LogP contribution in [0.5, 0.6) is 11.5 Å². The molecule has 0 bridgehead atoms. The lowest BCUT2D eigenvalue weighted by Crippen LogP contribution is -2.26. The molecular formula is C17H19N3O2. The number of aliphatic hydroxyl groups is 1. The van der Waals surface area contributed by atoms with Gasteiger partial charge in [0, 0.05) is 18.4 Å². The van der Waals surface area contributed by atoms with Crippen molar-refractivity contribution in [3.8, 4) is 11.5 Å². The van der Waals surface area contributed by atoms with E-state index in [1.54, 1.807) is 6.20 Å². The van der Waals surface area contributed by atoms with E-state index in [2.05, 4.69) is 9.97 Å². The number of nitrogens with one attached hydrogen (secondary N) is 1. The fourth-order valence-corrected chi connectivity index (χ4v) is 2.46. The third kappa shape index (κ3) is 2.95. The normalized spacial score (nSPS) is 12.5. The van der Waals surface area contributed by atoms with Gasteiger partial charge in [-0.3, -0.25) is 0 Å². The van der Waals surface area contributed by atoms with Crippen molar-refractivity contribution in [2.24, 2.45) is 5.73 Å². The Morgan fingerprint density at radius 1 is 1.27 bits per heavy atom. The number of aryl methyl sites for hydroxylation is 1. The van der Waals surface area contributed by atoms with Gasteiger partial charge in [0.2, 0.25) is 0 Å². The third-order valence-electron chi connectivity index (χ3n) is 3.62. The van der Waals surface area contributed by atoms with Crippen LogP contribution in [0.15, 0.2) is 42.7 Å². The van der Waals surface area contributed by atoms with Crippen LogP contribution in [-0.2, 0) is 6.42 Å². The highest BCUT2D eigenvalue weighted by Crippen LogP contribution is 2.30. The summed E-state index contributed by atoms with van der Waals surface area (Å²) in [6.45, 7) is 2.01. The number of pyridine rings is 1. The summed E-state index contributed by atoms with van der Waals surface area (Å²) in [7, 11) is 0. The first-order valence-electron chi connectivity index (χ1n) is 7.23. The van der Waals surface area contributed by atoms with Crippen LogP contribution in [0.1, 0.15) is 11.1 Å². The van der Waals surface area contributed by atoms with E-state index in [9.17, 15) is 0 Å². The summed E-state index contributed by atoms with van der Waals surface area (Å²) in [6, 6.07) is 9.38. The van der Waals surface area contributed by atoms with Crippen LogP contribution in [0, 0.1) is 6.92 Å². The lowest BCUT2D eigenvalue weighted by molar-refractivity contribution is 0.265. The largest absolute Gasteiger partial charge is 0.457 e. The minimum atomic E-state index is -0.228. The second kappa shape index (κ2) is 6.17. The molecule has 1 aromatic carbocycles. The van der Waals surface area contributed by atoms with Crippen LogP contribution in [0.25, 0.3) is 11.0 Å². The molecule has 114 valence electrons. The second-order valence-electron chi connectivity index (χ2n) is 5.40. The van der Waals surface area contributed by atoms with Crippen molar-refractivity contribution in [1.82, 2.24) is 9.97 Å². The van der Waals surface area contributed by atoms with Crippen LogP contribution in [0.3, 0.4) is 0 Å². The molecule has 0 spiro atoms. The maximum absolute atomic E-state index is 8.99. The van der Waals surface area contributed by atoms with Crippen molar-refractivity contribution in [1.29, 1.82) is 0 Å². The molecular weight excluding hydrogens is 278 g/mol. The Labute approximate surface area is 128 Å². The summed E-state index contributed by atoms with van der Waals surface area (Å²) in [5, 5.41) is 9.99. The van der Waals surface area contributed by atoms with Crippen molar-refractivity contribution in [3.63, 3.8) is 0 Å². The van der Waals surface area contributed by atoms with E-state index in [-0.39, 0.29) is 12.6 Å². The molecule has 3 aromatic rings. The van der Waals surface area contributed by atoms with Crippen molar-refractivity contribution < 1.29 is 9.84 Å². The van der Waals surface area contributed by atoms with E-state index in [1.807, 2.05) is 43.5 Å². The molecule has 0 aliphatic heterocycles. The Kier molecular flexibility index (Phi) is 4.09. The van der Waals surface area contributed by atoms with Crippen molar-refractivity contribution in [2.45, 2.75) is 19.4 Å². The number of rotatable bonds is 5. The molecule has 0 amide bonds. The molecule has 4 N–H and O–H groups in total. The third-order valence-corrected chi connectivity index (χ3v) is 3.62. The molecule has 0 saturated carbocycles. The van der Waals surface area contributed by atoms with Crippen molar-refractivity contribution in [3.05, 3.63) is 53.9 Å². The molecule has 0 aliphatic rings. The minimum absolute atomic E-state index is 0.0139. The molecule has 0 saturated heterocycles. The highest BCUT2D eigenvalue weighted by atomic mass is 16.5. The van der Waals surface area contributed by atoms with Gasteiger partial charge >= 0.3 is 0 Å². The number of hydrogen-bond donors (Lipinski definition) is 3. The molecule has 0 radical (unpaired) electrons. The molecule has 5 nitrogen and oxygen atoms in total. The fourth-order valence-electron chi connectivity index (χ4n) is 2.46. The first kappa shape index (κ1) is 14.6. The van der Waals surface area contributed by atoms with Crippen LogP contribution in [0.2, 0.25) is 0 Å². The number of aliphatic hydroxyl groups excluding tert-OH is 1. The SMILES string of the molecule is Cc1c[nH]c2nccc(Oc3ccc(CC(N)CO)cc3)c12. The smallest absolute Gasteiger partial charge is 0.141 e. The van der Waals surface area contributed by atoms with Crippen molar-refractivity contribution >= 4 is 11.0 Å². The van der Waals surface area contributed by atoms with Gasteiger partial charge in [0.1, 0.15) is 17.1 Å². The van der Waals surface area contributed by atoms with Gasteiger partial charge in [-0.05, 0) is 42.7 Å². The van der Waals surface area contributed by atoms with E-state index in [0.717, 1.165) is 33.7 Å². The molecule has 0 fully saturated rings. The quantitative estimate of drug-likeness (QED) is 0.675. The first-order chi connectivity index (χ1) is 10.7. The molecule has 5 heteroatoms. The van der Waals surface area contributed by atoms with Gasteiger partial charge in [0.15, 0.2) is 0 Å². The fraction of sp³-hybridized carbons (Fsp3) is 0.235. The van der Waals surface area contributed by atoms with Gasteiger partial charge in [-0.1, -0.05) is 12.1 Å². The van der Waals surface area contributed by atoms with E-state index in [1.165, 1.54) is 0 Å². The molecule has 2 aromatic heterocycles. The summed E-state index contributed by atoms with van der Waals surface area (Å²) in [5.74, 6) is 1.54. The second-order valence-corrected chi connectivity index (χ2v) is 5.40. The summed E-state index contributed by atoms with van der Waals surface area (Å²) in [5.41, 5.74) is 8.74. The van der Waals surface area contributed by atoms with Crippen LogP contribution in [-0.4, -0.2) is 27.7 Å². The van der Waals surface area contributed by atoms with Gasteiger partial charge in [-0.15, -0.1) is 0 Å². The van der Waals surface area contributed by atoms with Gasteiger partial charge in [0.25, 0.3) is 0 Å². The zero-order valence-corrected chi connectivity index (χ0v) is 12.4. The van der Waals surface area contributed by atoms with Crippen LogP contribution >= 0.6 is 0 Å². The Morgan fingerprint density at radius 2 is 2.05 bits per heavy atom. The predicted molar refractivity (Wildman–Crippen MR) is 86.1 cm³/mol. The summed E-state index contributed by atoms with van der Waals surface area (Å²) in [6.07, 6.45) is 4.29. The number of nitrogens with two attached hydrogens (primary N) is 1. The number of nitrogens with zero attached hydrogens (tertiary/aromatic N) is 1. The Hall–Kier alpha value is -2.37. The number of H-pyrrole nitrogens is 1. The summed E-state index contributed by atoms with van der Waals surface area (Å²) < 4.78 is 5.98. The maximum Gasteiger partial charge on any atom is 0.141 e. The highest BCUT2D eigenvalue weighted by Gasteiger charge is 2.09. The average Bonchev–Trinajstić information content (AvgIpc) is 2.92. The highest BCUT2D eigenvalue weighted by molar-refractivity contribution is 5.86. The molecule has 22 heavy (non-hydrogen) atoms. The molecule has 1 atom stereocenters. The zero-order valence-electron chi connectivity index (χ0n) is 12.4. The number of benzene rings is 1. The topological polar surface area (TPSA) is 84.2 Å². The Morgan fingerprint density at radius 3 is 2.77 bits per heavy atom. The number of hydrogen-bond acceptors (Lipinski definition) is 4. The first-order valence-corrected chi connectivity index (χ1v) is 7.23. The summed E-state index contributed by atoms with van der Waals surface area (Å²) >= 11 is 0. The van der Waals surface area contributed by atoms with E-state index >= 15 is 0 Å². The molecule has 0 aliphatic carbocycles. The average molecular weight is 297 g/mol. The van der Waals surface area contributed by atoms with E-state index < -0.39 is 0 Å².